The third kappa shape index (κ3) is 3.73. The molecule has 2 unspecified atom stereocenters. The van der Waals surface area contributed by atoms with Crippen LogP contribution in [0.4, 0.5) is 0 Å². The number of primary amides is 1. The van der Waals surface area contributed by atoms with Crippen LogP contribution in [0.1, 0.15) is 57.8 Å². The number of amides is 1. The maximum Gasteiger partial charge on any atom is 0.248 e. The van der Waals surface area contributed by atoms with Gasteiger partial charge in [-0.25, -0.2) is 0 Å². The molecule has 1 amide bonds. The van der Waals surface area contributed by atoms with E-state index in [1.54, 1.807) is 0 Å². The zero-order chi connectivity index (χ0) is 19.8. The van der Waals surface area contributed by atoms with Crippen molar-refractivity contribution in [3.8, 4) is 0 Å². The summed E-state index contributed by atoms with van der Waals surface area (Å²) >= 11 is 0. The molecule has 2 N–H and O–H groups in total. The Morgan fingerprint density at radius 3 is 2.89 bits per heavy atom. The largest absolute Gasteiger partial charge is 0.372 e. The van der Waals surface area contributed by atoms with E-state index in [1.807, 2.05) is 12.2 Å². The first-order valence-corrected chi connectivity index (χ1v) is 11.2. The van der Waals surface area contributed by atoms with Gasteiger partial charge in [-0.15, -0.1) is 0 Å². The molecule has 4 rings (SSSR count). The molecule has 0 spiro atoms. The van der Waals surface area contributed by atoms with Crippen molar-refractivity contribution >= 4 is 5.91 Å². The normalized spacial score (nSPS) is 44.2. The van der Waals surface area contributed by atoms with E-state index in [4.69, 9.17) is 10.5 Å². The van der Waals surface area contributed by atoms with E-state index < -0.39 is 0 Å². The van der Waals surface area contributed by atoms with Crippen molar-refractivity contribution in [2.75, 3.05) is 26.7 Å². The fourth-order valence-corrected chi connectivity index (χ4v) is 6.63. The summed E-state index contributed by atoms with van der Waals surface area (Å²) in [5, 5.41) is 0. The van der Waals surface area contributed by atoms with E-state index in [2.05, 4.69) is 19.7 Å². The monoisotopic (exact) mass is 385 g/mol. The molecule has 0 aromatic carbocycles. The zero-order valence-electron chi connectivity index (χ0n) is 17.5. The smallest absolute Gasteiger partial charge is 0.248 e. The van der Waals surface area contributed by atoms with Crippen molar-refractivity contribution in [3.05, 3.63) is 36.0 Å². The lowest BCUT2D eigenvalue weighted by molar-refractivity contribution is -0.948. The lowest BCUT2D eigenvalue weighted by Crippen LogP contribution is -2.66. The van der Waals surface area contributed by atoms with Crippen molar-refractivity contribution in [1.29, 1.82) is 0 Å². The van der Waals surface area contributed by atoms with Gasteiger partial charge in [0.1, 0.15) is 12.6 Å². The van der Waals surface area contributed by atoms with Crippen LogP contribution in [0.15, 0.2) is 36.0 Å². The Hall–Kier alpha value is -1.39. The number of carbonyl (C=O) groups excluding carboxylic acids is 1. The van der Waals surface area contributed by atoms with E-state index in [0.717, 1.165) is 36.0 Å². The van der Waals surface area contributed by atoms with Gasteiger partial charge in [-0.3, -0.25) is 4.79 Å². The minimum atomic E-state index is -0.320. The number of nitrogens with two attached hydrogens (primary N) is 1. The summed E-state index contributed by atoms with van der Waals surface area (Å²) < 4.78 is 7.17. The Morgan fingerprint density at radius 2 is 2.14 bits per heavy atom. The summed E-state index contributed by atoms with van der Waals surface area (Å²) in [5.41, 5.74) is 7.74. The molecule has 2 saturated heterocycles. The van der Waals surface area contributed by atoms with Gasteiger partial charge in [-0.1, -0.05) is 31.6 Å². The molecule has 2 aliphatic carbocycles. The van der Waals surface area contributed by atoms with Gasteiger partial charge in [0.2, 0.25) is 5.91 Å². The fourth-order valence-electron chi connectivity index (χ4n) is 6.63. The van der Waals surface area contributed by atoms with Crippen molar-refractivity contribution in [1.82, 2.24) is 0 Å². The summed E-state index contributed by atoms with van der Waals surface area (Å²) in [4.78, 5) is 11.9. The predicted molar refractivity (Wildman–Crippen MR) is 112 cm³/mol. The summed E-state index contributed by atoms with van der Waals surface area (Å²) in [6.45, 7) is 7.63. The van der Waals surface area contributed by atoms with Crippen LogP contribution < -0.4 is 5.73 Å². The van der Waals surface area contributed by atoms with Crippen LogP contribution >= 0.6 is 0 Å². The predicted octanol–water partition coefficient (Wildman–Crippen LogP) is 3.88. The average Bonchev–Trinajstić information content (AvgIpc) is 3.17. The number of likely N-dealkylation sites (N-methyl/N-ethyl adjacent to an activating group) is 1. The van der Waals surface area contributed by atoms with Crippen LogP contribution in [-0.4, -0.2) is 49.3 Å². The highest BCUT2D eigenvalue weighted by molar-refractivity contribution is 5.94. The molecule has 4 aliphatic rings. The van der Waals surface area contributed by atoms with Crippen molar-refractivity contribution in [2.24, 2.45) is 17.1 Å². The van der Waals surface area contributed by atoms with Gasteiger partial charge in [0.05, 0.1) is 19.6 Å². The molecule has 4 heteroatoms. The Kier molecular flexibility index (Phi) is 5.54. The van der Waals surface area contributed by atoms with Crippen molar-refractivity contribution in [2.45, 2.75) is 69.9 Å². The Balaban J connectivity index is 1.69. The van der Waals surface area contributed by atoms with Gasteiger partial charge < -0.3 is 15.0 Å². The molecule has 2 bridgehead atoms. The third-order valence-corrected chi connectivity index (χ3v) is 8.24. The van der Waals surface area contributed by atoms with Gasteiger partial charge in [0, 0.05) is 30.9 Å². The second-order valence-corrected chi connectivity index (χ2v) is 9.98. The van der Waals surface area contributed by atoms with Crippen molar-refractivity contribution in [3.63, 3.8) is 0 Å². The standard InChI is InChI=1S/C24H36N2O2/c1-18-8-9-19(23(25)27)10-12-24-11-4-3-7-21(24)22(16-18)26(2,14-13-24)17-20-6-5-15-28-20/h8-10,20-22H,1,3-7,11-17H2,2H3,(H-,25,27)/p+1/b9-8-,19-10+/t20-,21?,22+,24+,26?/m0/s1. The first kappa shape index (κ1) is 19.9. The first-order chi connectivity index (χ1) is 13.4. The van der Waals surface area contributed by atoms with Crippen LogP contribution in [0.25, 0.3) is 0 Å². The molecule has 5 atom stereocenters. The third-order valence-electron chi connectivity index (χ3n) is 8.24. The molecule has 28 heavy (non-hydrogen) atoms. The summed E-state index contributed by atoms with van der Waals surface area (Å²) in [5.74, 6) is 0.370. The van der Waals surface area contributed by atoms with Crippen LogP contribution in [0.5, 0.6) is 0 Å². The zero-order valence-corrected chi connectivity index (χ0v) is 17.5. The number of hydrogen-bond donors (Lipinski definition) is 1. The maximum atomic E-state index is 11.9. The highest BCUT2D eigenvalue weighted by atomic mass is 16.5. The lowest BCUT2D eigenvalue weighted by atomic mass is 9.56. The highest BCUT2D eigenvalue weighted by Crippen LogP contribution is 2.55. The number of likely N-dealkylation sites (tertiary alicyclic amines) is 1. The minimum absolute atomic E-state index is 0.320. The molecule has 1 saturated carbocycles. The molecule has 0 aromatic heterocycles. The molecule has 0 aromatic rings. The quantitative estimate of drug-likeness (QED) is 0.750. The first-order valence-electron chi connectivity index (χ1n) is 11.2. The van der Waals surface area contributed by atoms with Gasteiger partial charge in [0.15, 0.2) is 0 Å². The Bertz CT molecular complexity index is 691. The molecule has 3 fully saturated rings. The van der Waals surface area contributed by atoms with Gasteiger partial charge in [0.25, 0.3) is 0 Å². The number of ether oxygens (including phenoxy) is 1. The summed E-state index contributed by atoms with van der Waals surface area (Å²) in [6.07, 6.45) is 17.4. The number of quaternary nitrogens is 1. The van der Waals surface area contributed by atoms with E-state index in [0.29, 0.717) is 29.1 Å². The number of piperidine rings is 1. The number of rotatable bonds is 3. The summed E-state index contributed by atoms with van der Waals surface area (Å²) in [7, 11) is 2.47. The SMILES string of the molecule is C=C1/C=C\C(C(N)=O)=C/C[C@@]23CCCCC2[C@@H](C1)[N+](C)(C[C@@H]1CCCO1)CC3. The van der Waals surface area contributed by atoms with Crippen molar-refractivity contribution < 1.29 is 14.0 Å². The number of carbonyl (C=O) groups is 1. The molecule has 2 aliphatic heterocycles. The van der Waals surface area contributed by atoms with E-state index in [9.17, 15) is 4.79 Å². The molecular formula is C24H37N2O2+. The van der Waals surface area contributed by atoms with Gasteiger partial charge in [-0.2, -0.15) is 0 Å². The molecule has 0 radical (unpaired) electrons. The fraction of sp³-hybridized carbons (Fsp3) is 0.708. The molecule has 2 heterocycles. The van der Waals surface area contributed by atoms with Crippen LogP contribution in [0.3, 0.4) is 0 Å². The number of allylic oxidation sites excluding steroid dienone is 2. The van der Waals surface area contributed by atoms with Gasteiger partial charge >= 0.3 is 0 Å². The van der Waals surface area contributed by atoms with Crippen LogP contribution in [0, 0.1) is 11.3 Å². The Labute approximate surface area is 170 Å². The number of nitrogens with zero attached hydrogens (tertiary/aromatic N) is 1. The van der Waals surface area contributed by atoms with Crippen LogP contribution in [-0.2, 0) is 9.53 Å². The maximum absolute atomic E-state index is 11.9. The second-order valence-electron chi connectivity index (χ2n) is 9.98. The van der Waals surface area contributed by atoms with E-state index in [-0.39, 0.29) is 5.91 Å². The van der Waals surface area contributed by atoms with E-state index >= 15 is 0 Å². The number of hydrogen-bond acceptors (Lipinski definition) is 2. The lowest BCUT2D eigenvalue weighted by Gasteiger charge is -2.59. The average molecular weight is 386 g/mol. The van der Waals surface area contributed by atoms with E-state index in [1.165, 1.54) is 51.5 Å². The minimum Gasteiger partial charge on any atom is -0.372 e. The van der Waals surface area contributed by atoms with Gasteiger partial charge in [-0.05, 0) is 49.2 Å². The molecule has 154 valence electrons. The second kappa shape index (κ2) is 7.79. The molecular weight excluding hydrogens is 348 g/mol. The highest BCUT2D eigenvalue weighted by Gasteiger charge is 2.55. The topological polar surface area (TPSA) is 52.3 Å². The Morgan fingerprint density at radius 1 is 1.29 bits per heavy atom. The molecule has 4 nitrogen and oxygen atoms in total. The van der Waals surface area contributed by atoms with Crippen LogP contribution in [0.2, 0.25) is 0 Å². The summed E-state index contributed by atoms with van der Waals surface area (Å²) in [6, 6.07) is 0.596.